The lowest BCUT2D eigenvalue weighted by Gasteiger charge is -2.51. The van der Waals surface area contributed by atoms with Crippen molar-refractivity contribution in [3.63, 3.8) is 0 Å². The molecule has 4 atom stereocenters. The van der Waals surface area contributed by atoms with Crippen LogP contribution in [0.25, 0.3) is 27.8 Å². The predicted molar refractivity (Wildman–Crippen MR) is 382 cm³/mol. The molecule has 0 N–H and O–H groups in total. The summed E-state index contributed by atoms with van der Waals surface area (Å²) in [6.45, 7) is 49.7. The van der Waals surface area contributed by atoms with Crippen molar-refractivity contribution < 1.29 is 0 Å². The van der Waals surface area contributed by atoms with E-state index in [0.29, 0.717) is 0 Å². The summed E-state index contributed by atoms with van der Waals surface area (Å²) in [6.07, 6.45) is 12.0. The predicted octanol–water partition coefficient (Wildman–Crippen LogP) is 20.6. The van der Waals surface area contributed by atoms with Gasteiger partial charge in [-0.25, -0.2) is 0 Å². The van der Waals surface area contributed by atoms with Crippen molar-refractivity contribution in [2.75, 3.05) is 14.7 Å². The Morgan fingerprint density at radius 3 is 1.53 bits per heavy atom. The van der Waals surface area contributed by atoms with Crippen molar-refractivity contribution in [2.45, 2.75) is 257 Å². The highest BCUT2D eigenvalue weighted by Gasteiger charge is 2.60. The number of nitrogens with zero attached hydrogens (tertiary/aromatic N) is 4. The van der Waals surface area contributed by atoms with Crippen LogP contribution in [0.15, 0.2) is 115 Å². The molecule has 4 aliphatic heterocycles. The summed E-state index contributed by atoms with van der Waals surface area (Å²) in [5.74, 6) is 0. The number of hydrogen-bond donors (Lipinski definition) is 0. The van der Waals surface area contributed by atoms with Gasteiger partial charge in [-0.2, -0.15) is 0 Å². The quantitative estimate of drug-likeness (QED) is 0.164. The molecule has 2 saturated carbocycles. The molecular formula is C84H99BN4. The molecule has 0 amide bonds. The van der Waals surface area contributed by atoms with Crippen LogP contribution in [-0.4, -0.2) is 22.4 Å². The van der Waals surface area contributed by atoms with Crippen LogP contribution in [0.3, 0.4) is 0 Å². The molecule has 0 bridgehead atoms. The Balaban J connectivity index is 1.06. The first-order valence-electron chi connectivity index (χ1n) is 34.7. The standard InChI is InChI=1S/C84H99BN4/c1-50-41-59-60(79(13,14)40-39-78(59,11)12)49-67(50)86-68-46-54(88-65-33-29-51(75(2,3)4)43-61(65)81(17)35-23-25-37-83(81,88)19)31-32-63(68)85-64-45-53(77(8,9)10)42-57-71-74(56-27-21-22-28-58(56)80(71,15)16)87(73(57)64)70-48-55(47-69(86)72(70)85)89-66-34-30-52(76(5,6)7)44-62(66)82(18)36-24-26-38-84(82,89)20/h21-22,27-34,41-49H,23-26,35-40H2,1-20H3. The van der Waals surface area contributed by atoms with Crippen LogP contribution in [0.2, 0.25) is 0 Å². The highest BCUT2D eigenvalue weighted by molar-refractivity contribution is 7.00. The van der Waals surface area contributed by atoms with E-state index in [1.807, 2.05) is 0 Å². The van der Waals surface area contributed by atoms with Crippen LogP contribution in [0, 0.1) is 6.92 Å². The van der Waals surface area contributed by atoms with Crippen molar-refractivity contribution in [3.8, 4) is 16.9 Å². The highest BCUT2D eigenvalue weighted by Crippen LogP contribution is 2.65. The van der Waals surface area contributed by atoms with Gasteiger partial charge in [0.1, 0.15) is 0 Å². The summed E-state index contributed by atoms with van der Waals surface area (Å²) in [5, 5.41) is 1.41. The van der Waals surface area contributed by atoms with Gasteiger partial charge in [0.15, 0.2) is 0 Å². The Hall–Kier alpha value is -6.46. The molecule has 4 nitrogen and oxygen atoms in total. The average Bonchev–Trinajstić information content (AvgIpc) is 1.58. The van der Waals surface area contributed by atoms with E-state index in [1.165, 1.54) is 185 Å². The lowest BCUT2D eigenvalue weighted by molar-refractivity contribution is 0.195. The first-order valence-corrected chi connectivity index (χ1v) is 34.7. The maximum atomic E-state index is 2.91. The van der Waals surface area contributed by atoms with Crippen molar-refractivity contribution in [1.29, 1.82) is 0 Å². The van der Waals surface area contributed by atoms with E-state index in [9.17, 15) is 0 Å². The minimum atomic E-state index is -0.219. The van der Waals surface area contributed by atoms with Gasteiger partial charge in [0.05, 0.1) is 16.8 Å². The van der Waals surface area contributed by atoms with Crippen molar-refractivity contribution in [3.05, 3.63) is 171 Å². The van der Waals surface area contributed by atoms with Gasteiger partial charge in [-0.15, -0.1) is 0 Å². The average molecular weight is 1180 g/mol. The normalized spacial score (nSPS) is 25.4. The third-order valence-corrected chi connectivity index (χ3v) is 26.1. The molecular weight excluding hydrogens is 1080 g/mol. The molecule has 1 aromatic heterocycles. The molecule has 0 spiro atoms. The first-order chi connectivity index (χ1) is 41.7. The summed E-state index contributed by atoms with van der Waals surface area (Å²) in [6, 6.07) is 48.7. The molecule has 89 heavy (non-hydrogen) atoms. The number of aromatic nitrogens is 1. The number of rotatable bonds is 3. The third-order valence-electron chi connectivity index (χ3n) is 26.1. The van der Waals surface area contributed by atoms with E-state index < -0.39 is 0 Å². The number of benzene rings is 7. The number of anilines is 7. The van der Waals surface area contributed by atoms with Gasteiger partial charge in [0, 0.05) is 78.2 Å². The Bertz CT molecular complexity index is 4430. The molecule has 4 unspecified atom stereocenters. The number of fused-ring (bicyclic) bond motifs is 16. The van der Waals surface area contributed by atoms with Crippen molar-refractivity contribution in [1.82, 2.24) is 4.57 Å². The van der Waals surface area contributed by atoms with E-state index in [4.69, 9.17) is 0 Å². The van der Waals surface area contributed by atoms with Gasteiger partial charge in [-0.05, 0) is 207 Å². The molecule has 5 heterocycles. The molecule has 0 radical (unpaired) electrons. The topological polar surface area (TPSA) is 14.7 Å². The maximum Gasteiger partial charge on any atom is 0.252 e. The van der Waals surface area contributed by atoms with Crippen molar-refractivity contribution >= 4 is 73.8 Å². The smallest absolute Gasteiger partial charge is 0.252 e. The second-order valence-electron chi connectivity index (χ2n) is 35.6. The second-order valence-corrected chi connectivity index (χ2v) is 35.6. The SMILES string of the molecule is Cc1cc2c(cc1N1c3cc(N4c5ccc(C(C)(C)C)cc5C5(C)CCCCC45C)ccc3B3c4c1cc(N1c5ccc(C(C)(C)C)cc5C5(C)CCCCC15C)cc4-n1c4c(c5cc(C(C)(C)C)cc3c51)C(C)(C)c1ccccc1-4)C(C)(C)CCC2(C)C. The summed E-state index contributed by atoms with van der Waals surface area (Å²) in [5.41, 5.74) is 33.2. The zero-order chi connectivity index (χ0) is 62.8. The summed E-state index contributed by atoms with van der Waals surface area (Å²) in [4.78, 5) is 8.62. The van der Waals surface area contributed by atoms with Crippen LogP contribution in [0.1, 0.15) is 251 Å². The van der Waals surface area contributed by atoms with E-state index in [1.54, 1.807) is 0 Å². The maximum absolute atomic E-state index is 2.91. The number of aryl methyl sites for hydroxylation is 1. The summed E-state index contributed by atoms with van der Waals surface area (Å²) < 4.78 is 2.83. The van der Waals surface area contributed by atoms with Crippen molar-refractivity contribution in [2.24, 2.45) is 0 Å². The van der Waals surface area contributed by atoms with Crippen LogP contribution in [0.5, 0.6) is 0 Å². The van der Waals surface area contributed by atoms with E-state index >= 15 is 0 Å². The largest absolute Gasteiger partial charge is 0.334 e. The molecule has 5 heteroatoms. The lowest BCUT2D eigenvalue weighted by Crippen LogP contribution is -2.61. The Kier molecular flexibility index (Phi) is 11.5. The van der Waals surface area contributed by atoms with Crippen LogP contribution in [-0.2, 0) is 43.3 Å². The first kappa shape index (κ1) is 57.7. The fraction of sp³-hybridized carbons (Fsp3) is 0.476. The molecule has 8 aliphatic rings. The van der Waals surface area contributed by atoms with Gasteiger partial charge in [0.2, 0.25) is 0 Å². The summed E-state index contributed by atoms with van der Waals surface area (Å²) >= 11 is 0. The Labute approximate surface area is 535 Å². The minimum Gasteiger partial charge on any atom is -0.334 e. The van der Waals surface area contributed by atoms with Gasteiger partial charge in [0.25, 0.3) is 6.71 Å². The van der Waals surface area contributed by atoms with Gasteiger partial charge < -0.3 is 19.3 Å². The van der Waals surface area contributed by atoms with E-state index in [0.717, 1.165) is 19.3 Å². The van der Waals surface area contributed by atoms with Gasteiger partial charge in [-0.3, -0.25) is 0 Å². The third kappa shape index (κ3) is 7.37. The van der Waals surface area contributed by atoms with Gasteiger partial charge >= 0.3 is 0 Å². The van der Waals surface area contributed by atoms with E-state index in [-0.39, 0.29) is 61.1 Å². The Morgan fingerprint density at radius 1 is 0.416 bits per heavy atom. The zero-order valence-electron chi connectivity index (χ0n) is 57.9. The highest BCUT2D eigenvalue weighted by atomic mass is 15.3. The molecule has 4 aliphatic carbocycles. The Morgan fingerprint density at radius 2 is 0.944 bits per heavy atom. The molecule has 8 aromatic rings. The molecule has 2 fully saturated rings. The monoisotopic (exact) mass is 1170 g/mol. The molecule has 0 saturated heterocycles. The fourth-order valence-electron chi connectivity index (χ4n) is 20.1. The fourth-order valence-corrected chi connectivity index (χ4v) is 20.1. The summed E-state index contributed by atoms with van der Waals surface area (Å²) in [7, 11) is 0. The molecule has 16 rings (SSSR count). The van der Waals surface area contributed by atoms with Crippen LogP contribution >= 0.6 is 0 Å². The lowest BCUT2D eigenvalue weighted by atomic mass is 9.33. The van der Waals surface area contributed by atoms with Crippen LogP contribution < -0.4 is 31.1 Å². The van der Waals surface area contributed by atoms with E-state index in [2.05, 4.69) is 273 Å². The van der Waals surface area contributed by atoms with Crippen LogP contribution in [0.4, 0.5) is 39.8 Å². The zero-order valence-corrected chi connectivity index (χ0v) is 57.9. The molecule has 7 aromatic carbocycles. The minimum absolute atomic E-state index is 0.00771. The second kappa shape index (κ2) is 17.8. The van der Waals surface area contributed by atoms with Gasteiger partial charge in [-0.1, -0.05) is 210 Å². The molecule has 458 valence electrons. The number of hydrogen-bond acceptors (Lipinski definition) is 3.